The number of carbonyl (C=O) groups is 1. The number of amides is 1. The van der Waals surface area contributed by atoms with E-state index in [9.17, 15) is 17.6 Å². The van der Waals surface area contributed by atoms with E-state index in [0.29, 0.717) is 44.8 Å². The summed E-state index contributed by atoms with van der Waals surface area (Å²) >= 11 is 0. The van der Waals surface area contributed by atoms with Gasteiger partial charge in [-0.2, -0.15) is 0 Å². The maximum Gasteiger partial charge on any atom is 0.227 e. The SMILES string of the molecule is CC[C@]1(N2CCN(C(=O)Cc3ccccc3F)CC2)CCN(S(C)(=O)=O)C1. The highest BCUT2D eigenvalue weighted by molar-refractivity contribution is 7.88. The van der Waals surface area contributed by atoms with Crippen molar-refractivity contribution in [3.8, 4) is 0 Å². The number of halogens is 1. The molecule has 0 aromatic heterocycles. The average molecular weight is 398 g/mol. The molecule has 0 bridgehead atoms. The molecule has 2 fully saturated rings. The first kappa shape index (κ1) is 20.2. The summed E-state index contributed by atoms with van der Waals surface area (Å²) < 4.78 is 39.1. The van der Waals surface area contributed by atoms with Crippen molar-refractivity contribution in [3.63, 3.8) is 0 Å². The van der Waals surface area contributed by atoms with Gasteiger partial charge in [0.2, 0.25) is 15.9 Å². The summed E-state index contributed by atoms with van der Waals surface area (Å²) in [6, 6.07) is 6.38. The van der Waals surface area contributed by atoms with Crippen LogP contribution in [0.25, 0.3) is 0 Å². The van der Waals surface area contributed by atoms with E-state index in [1.54, 1.807) is 27.4 Å². The number of hydrogen-bond donors (Lipinski definition) is 0. The maximum absolute atomic E-state index is 13.8. The van der Waals surface area contributed by atoms with E-state index < -0.39 is 10.0 Å². The number of rotatable bonds is 5. The van der Waals surface area contributed by atoms with Crippen LogP contribution in [0.2, 0.25) is 0 Å². The standard InChI is InChI=1S/C19H28FN3O3S/c1-3-19(8-9-23(15-19)27(2,25)26)22-12-10-21(11-13-22)18(24)14-16-6-4-5-7-17(16)20/h4-7H,3,8-15H2,1-2H3/t19-/m0/s1. The fraction of sp³-hybridized carbons (Fsp3) is 0.632. The summed E-state index contributed by atoms with van der Waals surface area (Å²) in [6.45, 7) is 5.79. The molecule has 3 rings (SSSR count). The minimum absolute atomic E-state index is 0.0607. The van der Waals surface area contributed by atoms with Gasteiger partial charge in [0.05, 0.1) is 12.7 Å². The van der Waals surface area contributed by atoms with Crippen LogP contribution in [0, 0.1) is 5.82 Å². The molecule has 0 unspecified atom stereocenters. The topological polar surface area (TPSA) is 60.9 Å². The van der Waals surface area contributed by atoms with Crippen molar-refractivity contribution in [2.24, 2.45) is 0 Å². The summed E-state index contributed by atoms with van der Waals surface area (Å²) in [5, 5.41) is 0. The van der Waals surface area contributed by atoms with Gasteiger partial charge in [0.1, 0.15) is 5.82 Å². The van der Waals surface area contributed by atoms with E-state index in [2.05, 4.69) is 11.8 Å². The fourth-order valence-electron chi connectivity index (χ4n) is 4.22. The van der Waals surface area contributed by atoms with E-state index in [4.69, 9.17) is 0 Å². The zero-order chi connectivity index (χ0) is 19.7. The molecule has 2 aliphatic rings. The van der Waals surface area contributed by atoms with E-state index in [0.717, 1.165) is 12.8 Å². The number of benzene rings is 1. The van der Waals surface area contributed by atoms with Crippen molar-refractivity contribution in [1.82, 2.24) is 14.1 Å². The highest BCUT2D eigenvalue weighted by atomic mass is 32.2. The molecule has 2 heterocycles. The Bertz CT molecular complexity index is 793. The minimum atomic E-state index is -3.18. The van der Waals surface area contributed by atoms with Crippen molar-refractivity contribution < 1.29 is 17.6 Å². The monoisotopic (exact) mass is 397 g/mol. The van der Waals surface area contributed by atoms with Crippen LogP contribution in [-0.2, 0) is 21.2 Å². The molecule has 0 N–H and O–H groups in total. The molecule has 8 heteroatoms. The van der Waals surface area contributed by atoms with Crippen LogP contribution in [0.15, 0.2) is 24.3 Å². The predicted molar refractivity (Wildman–Crippen MR) is 102 cm³/mol. The highest BCUT2D eigenvalue weighted by Crippen LogP contribution is 2.33. The molecule has 2 saturated heterocycles. The number of nitrogens with zero attached hydrogens (tertiary/aromatic N) is 3. The highest BCUT2D eigenvalue weighted by Gasteiger charge is 2.45. The number of piperazine rings is 1. The lowest BCUT2D eigenvalue weighted by molar-refractivity contribution is -0.133. The molecule has 2 aliphatic heterocycles. The molecular weight excluding hydrogens is 369 g/mol. The van der Waals surface area contributed by atoms with Gasteiger partial charge in [0, 0.05) is 44.8 Å². The molecule has 6 nitrogen and oxygen atoms in total. The minimum Gasteiger partial charge on any atom is -0.340 e. The second-order valence-electron chi connectivity index (χ2n) is 7.56. The van der Waals surface area contributed by atoms with Crippen molar-refractivity contribution >= 4 is 15.9 Å². The summed E-state index contributed by atoms with van der Waals surface area (Å²) in [7, 11) is -3.18. The van der Waals surface area contributed by atoms with Gasteiger partial charge in [-0.15, -0.1) is 0 Å². The normalized spacial score (nSPS) is 25.1. The van der Waals surface area contributed by atoms with Crippen molar-refractivity contribution in [2.45, 2.75) is 31.7 Å². The fourth-order valence-corrected chi connectivity index (χ4v) is 5.12. The van der Waals surface area contributed by atoms with Crippen LogP contribution in [0.5, 0.6) is 0 Å². The van der Waals surface area contributed by atoms with E-state index >= 15 is 0 Å². The van der Waals surface area contributed by atoms with Gasteiger partial charge in [0.25, 0.3) is 0 Å². The number of carbonyl (C=O) groups excluding carboxylic acids is 1. The Morgan fingerprint density at radius 2 is 1.81 bits per heavy atom. The van der Waals surface area contributed by atoms with Crippen LogP contribution < -0.4 is 0 Å². The molecule has 0 spiro atoms. The molecule has 0 aliphatic carbocycles. The molecule has 1 amide bonds. The summed E-state index contributed by atoms with van der Waals surface area (Å²) in [5.74, 6) is -0.407. The molecule has 1 aromatic rings. The Labute approximate surface area is 161 Å². The number of sulfonamides is 1. The molecular formula is C19H28FN3O3S. The first-order chi connectivity index (χ1) is 12.7. The Morgan fingerprint density at radius 1 is 1.15 bits per heavy atom. The Morgan fingerprint density at radius 3 is 2.37 bits per heavy atom. The first-order valence-electron chi connectivity index (χ1n) is 9.46. The zero-order valence-electron chi connectivity index (χ0n) is 16.0. The number of hydrogen-bond acceptors (Lipinski definition) is 4. The maximum atomic E-state index is 13.8. The molecule has 150 valence electrons. The summed E-state index contributed by atoms with van der Waals surface area (Å²) in [5.41, 5.74) is 0.276. The Hall–Kier alpha value is -1.51. The lowest BCUT2D eigenvalue weighted by Gasteiger charge is -2.45. The Balaban J connectivity index is 1.60. The van der Waals surface area contributed by atoms with E-state index in [1.165, 1.54) is 12.3 Å². The molecule has 0 radical (unpaired) electrons. The van der Waals surface area contributed by atoms with Gasteiger partial charge < -0.3 is 4.90 Å². The van der Waals surface area contributed by atoms with Crippen LogP contribution >= 0.6 is 0 Å². The van der Waals surface area contributed by atoms with Gasteiger partial charge in [-0.3, -0.25) is 9.69 Å². The Kier molecular flexibility index (Phi) is 5.88. The molecule has 1 aromatic carbocycles. The van der Waals surface area contributed by atoms with Crippen LogP contribution in [-0.4, -0.2) is 79.5 Å². The third-order valence-electron chi connectivity index (χ3n) is 6.03. The predicted octanol–water partition coefficient (Wildman–Crippen LogP) is 1.33. The van der Waals surface area contributed by atoms with Crippen molar-refractivity contribution in [3.05, 3.63) is 35.6 Å². The lowest BCUT2D eigenvalue weighted by Crippen LogP contribution is -2.59. The average Bonchev–Trinajstić information content (AvgIpc) is 3.10. The van der Waals surface area contributed by atoms with Gasteiger partial charge >= 0.3 is 0 Å². The van der Waals surface area contributed by atoms with E-state index in [1.807, 2.05) is 0 Å². The first-order valence-corrected chi connectivity index (χ1v) is 11.3. The lowest BCUT2D eigenvalue weighted by atomic mass is 9.92. The van der Waals surface area contributed by atoms with Gasteiger partial charge in [-0.25, -0.2) is 17.1 Å². The molecule has 0 saturated carbocycles. The molecule has 27 heavy (non-hydrogen) atoms. The molecule has 1 atom stereocenters. The summed E-state index contributed by atoms with van der Waals surface area (Å²) in [6.07, 6.45) is 3.04. The second-order valence-corrected chi connectivity index (χ2v) is 9.54. The van der Waals surface area contributed by atoms with Crippen molar-refractivity contribution in [1.29, 1.82) is 0 Å². The zero-order valence-corrected chi connectivity index (χ0v) is 16.8. The van der Waals surface area contributed by atoms with Crippen LogP contribution in [0.3, 0.4) is 0 Å². The third-order valence-corrected chi connectivity index (χ3v) is 7.28. The smallest absolute Gasteiger partial charge is 0.227 e. The van der Waals surface area contributed by atoms with Crippen molar-refractivity contribution in [2.75, 3.05) is 45.5 Å². The van der Waals surface area contributed by atoms with Gasteiger partial charge in [0.15, 0.2) is 0 Å². The van der Waals surface area contributed by atoms with E-state index in [-0.39, 0.29) is 23.7 Å². The quantitative estimate of drug-likeness (QED) is 0.752. The largest absolute Gasteiger partial charge is 0.340 e. The van der Waals surface area contributed by atoms with Gasteiger partial charge in [-0.1, -0.05) is 25.1 Å². The summed E-state index contributed by atoms with van der Waals surface area (Å²) in [4.78, 5) is 16.7. The third kappa shape index (κ3) is 4.33. The van der Waals surface area contributed by atoms with Gasteiger partial charge in [-0.05, 0) is 24.5 Å². The van der Waals surface area contributed by atoms with Crippen LogP contribution in [0.1, 0.15) is 25.3 Å². The van der Waals surface area contributed by atoms with Crippen LogP contribution in [0.4, 0.5) is 4.39 Å². The second kappa shape index (κ2) is 7.85.